The zero-order valence-corrected chi connectivity index (χ0v) is 12.1. The van der Waals surface area contributed by atoms with Gasteiger partial charge in [-0.2, -0.15) is 5.10 Å². The average Bonchev–Trinajstić information content (AvgIpc) is 2.87. The van der Waals surface area contributed by atoms with Crippen molar-refractivity contribution in [1.29, 1.82) is 0 Å². The maximum atomic E-state index is 4.39. The van der Waals surface area contributed by atoms with Crippen LogP contribution in [0.5, 0.6) is 0 Å². The van der Waals surface area contributed by atoms with E-state index in [0.29, 0.717) is 6.04 Å². The van der Waals surface area contributed by atoms with E-state index in [4.69, 9.17) is 0 Å². The maximum absolute atomic E-state index is 4.39. The fourth-order valence-corrected chi connectivity index (χ4v) is 2.74. The molecule has 1 atom stereocenters. The number of aromatic nitrogens is 3. The van der Waals surface area contributed by atoms with Crippen molar-refractivity contribution in [2.45, 2.75) is 26.4 Å². The van der Waals surface area contributed by atoms with Gasteiger partial charge < -0.3 is 4.90 Å². The molecule has 1 aliphatic heterocycles. The first kappa shape index (κ1) is 13.1. The van der Waals surface area contributed by atoms with Crippen LogP contribution in [0.1, 0.15) is 18.6 Å². The highest BCUT2D eigenvalue weighted by molar-refractivity contribution is 5.46. The van der Waals surface area contributed by atoms with Crippen LogP contribution in [0.3, 0.4) is 0 Å². The van der Waals surface area contributed by atoms with Crippen molar-refractivity contribution < 1.29 is 0 Å². The molecule has 0 aliphatic carbocycles. The van der Waals surface area contributed by atoms with Crippen molar-refractivity contribution in [2.24, 2.45) is 0 Å². The second-order valence-corrected chi connectivity index (χ2v) is 5.44. The van der Waals surface area contributed by atoms with E-state index < -0.39 is 0 Å². The Bertz CT molecular complexity index is 550. The lowest BCUT2D eigenvalue weighted by molar-refractivity contribution is 0.177. The number of rotatable bonds is 3. The third kappa shape index (κ3) is 2.82. The predicted molar refractivity (Wildman–Crippen MR) is 79.6 cm³/mol. The van der Waals surface area contributed by atoms with E-state index in [-0.39, 0.29) is 0 Å². The molecule has 2 aromatic rings. The van der Waals surface area contributed by atoms with Crippen LogP contribution >= 0.6 is 0 Å². The van der Waals surface area contributed by atoms with Crippen LogP contribution in [0.2, 0.25) is 0 Å². The molecule has 5 heteroatoms. The van der Waals surface area contributed by atoms with Crippen LogP contribution in [0.15, 0.2) is 30.3 Å². The van der Waals surface area contributed by atoms with Gasteiger partial charge >= 0.3 is 0 Å². The lowest BCUT2D eigenvalue weighted by atomic mass is 10.1. The highest BCUT2D eigenvalue weighted by atomic mass is 15.3. The van der Waals surface area contributed by atoms with Crippen molar-refractivity contribution >= 4 is 5.69 Å². The Morgan fingerprint density at radius 2 is 2.05 bits per heavy atom. The third-order valence-electron chi connectivity index (χ3n) is 3.87. The standard InChI is InChI=1S/C15H21N5/c1-12-10-20(14-6-4-3-5-7-14)9-8-19(12)11-15-16-13(2)17-18-15/h3-7,12H,8-11H2,1-2H3,(H,16,17,18)/t12-/m1/s1. The summed E-state index contributed by atoms with van der Waals surface area (Å²) in [5.41, 5.74) is 1.31. The summed E-state index contributed by atoms with van der Waals surface area (Å²) in [7, 11) is 0. The molecule has 1 N–H and O–H groups in total. The number of anilines is 1. The van der Waals surface area contributed by atoms with Gasteiger partial charge in [0.05, 0.1) is 6.54 Å². The number of piperazine rings is 1. The van der Waals surface area contributed by atoms with Crippen LogP contribution in [-0.2, 0) is 6.54 Å². The first-order valence-corrected chi connectivity index (χ1v) is 7.14. The van der Waals surface area contributed by atoms with Gasteiger partial charge in [-0.1, -0.05) is 18.2 Å². The molecule has 1 fully saturated rings. The van der Waals surface area contributed by atoms with Gasteiger partial charge in [0.25, 0.3) is 0 Å². The van der Waals surface area contributed by atoms with E-state index in [1.807, 2.05) is 6.92 Å². The summed E-state index contributed by atoms with van der Waals surface area (Å²) >= 11 is 0. The van der Waals surface area contributed by atoms with Gasteiger partial charge in [-0.3, -0.25) is 10.00 Å². The van der Waals surface area contributed by atoms with E-state index in [1.54, 1.807) is 0 Å². The van der Waals surface area contributed by atoms with E-state index >= 15 is 0 Å². The van der Waals surface area contributed by atoms with Crippen molar-refractivity contribution in [1.82, 2.24) is 20.1 Å². The zero-order valence-electron chi connectivity index (χ0n) is 12.1. The zero-order chi connectivity index (χ0) is 13.9. The Morgan fingerprint density at radius 1 is 1.25 bits per heavy atom. The van der Waals surface area contributed by atoms with E-state index in [9.17, 15) is 0 Å². The summed E-state index contributed by atoms with van der Waals surface area (Å²) in [5.74, 6) is 1.78. The molecule has 106 valence electrons. The fraction of sp³-hybridized carbons (Fsp3) is 0.467. The Labute approximate surface area is 119 Å². The Balaban J connectivity index is 1.62. The number of aromatic amines is 1. The highest BCUT2D eigenvalue weighted by Crippen LogP contribution is 2.19. The van der Waals surface area contributed by atoms with Crippen LogP contribution in [0.25, 0.3) is 0 Å². The molecule has 1 saturated heterocycles. The van der Waals surface area contributed by atoms with E-state index in [1.165, 1.54) is 5.69 Å². The van der Waals surface area contributed by atoms with Crippen LogP contribution in [0.4, 0.5) is 5.69 Å². The Kier molecular flexibility index (Phi) is 3.69. The summed E-state index contributed by atoms with van der Waals surface area (Å²) in [4.78, 5) is 9.29. The molecule has 1 aromatic carbocycles. The van der Waals surface area contributed by atoms with Crippen molar-refractivity contribution in [2.75, 3.05) is 24.5 Å². The molecule has 3 rings (SSSR count). The molecule has 0 radical (unpaired) electrons. The number of nitrogens with one attached hydrogen (secondary N) is 1. The summed E-state index contributed by atoms with van der Waals surface area (Å²) in [6, 6.07) is 11.1. The summed E-state index contributed by atoms with van der Waals surface area (Å²) in [6.07, 6.45) is 0. The van der Waals surface area contributed by atoms with Crippen molar-refractivity contribution in [3.05, 3.63) is 42.0 Å². The smallest absolute Gasteiger partial charge is 0.164 e. The molecule has 1 aromatic heterocycles. The number of para-hydroxylation sites is 1. The lowest BCUT2D eigenvalue weighted by Crippen LogP contribution is -2.51. The number of H-pyrrole nitrogens is 1. The van der Waals surface area contributed by atoms with Gasteiger partial charge in [0.2, 0.25) is 0 Å². The van der Waals surface area contributed by atoms with Gasteiger partial charge in [0, 0.05) is 31.4 Å². The van der Waals surface area contributed by atoms with Crippen LogP contribution in [-0.4, -0.2) is 45.8 Å². The first-order valence-electron chi connectivity index (χ1n) is 7.14. The van der Waals surface area contributed by atoms with Crippen LogP contribution in [0, 0.1) is 6.92 Å². The fourth-order valence-electron chi connectivity index (χ4n) is 2.74. The van der Waals surface area contributed by atoms with Gasteiger partial charge in [-0.15, -0.1) is 0 Å². The number of hydrogen-bond acceptors (Lipinski definition) is 4. The molecule has 2 heterocycles. The van der Waals surface area contributed by atoms with Gasteiger partial charge in [0.15, 0.2) is 5.82 Å². The number of aryl methyl sites for hydroxylation is 1. The summed E-state index contributed by atoms with van der Waals surface area (Å²) in [6.45, 7) is 8.19. The first-order chi connectivity index (χ1) is 9.72. The predicted octanol–water partition coefficient (Wildman–Crippen LogP) is 1.82. The minimum atomic E-state index is 0.503. The largest absolute Gasteiger partial charge is 0.369 e. The summed E-state index contributed by atoms with van der Waals surface area (Å²) in [5, 5.41) is 7.14. The van der Waals surface area contributed by atoms with Crippen LogP contribution < -0.4 is 4.90 Å². The lowest BCUT2D eigenvalue weighted by Gasteiger charge is -2.40. The van der Waals surface area contributed by atoms with Gasteiger partial charge in [-0.05, 0) is 26.0 Å². The molecule has 0 amide bonds. The molecule has 5 nitrogen and oxygen atoms in total. The van der Waals surface area contributed by atoms with E-state index in [2.05, 4.69) is 62.2 Å². The normalized spacial score (nSPS) is 20.3. The summed E-state index contributed by atoms with van der Waals surface area (Å²) < 4.78 is 0. The minimum absolute atomic E-state index is 0.503. The number of nitrogens with zero attached hydrogens (tertiary/aromatic N) is 4. The number of benzene rings is 1. The maximum Gasteiger partial charge on any atom is 0.164 e. The van der Waals surface area contributed by atoms with Crippen molar-refractivity contribution in [3.8, 4) is 0 Å². The molecule has 0 bridgehead atoms. The second-order valence-electron chi connectivity index (χ2n) is 5.44. The minimum Gasteiger partial charge on any atom is -0.369 e. The SMILES string of the molecule is Cc1nc(CN2CCN(c3ccccc3)C[C@H]2C)n[nH]1. The molecule has 1 aliphatic rings. The molecular formula is C15H21N5. The molecule has 0 saturated carbocycles. The molecular weight excluding hydrogens is 250 g/mol. The van der Waals surface area contributed by atoms with Gasteiger partial charge in [-0.25, -0.2) is 4.98 Å². The highest BCUT2D eigenvalue weighted by Gasteiger charge is 2.24. The molecule has 0 unspecified atom stereocenters. The van der Waals surface area contributed by atoms with Crippen molar-refractivity contribution in [3.63, 3.8) is 0 Å². The topological polar surface area (TPSA) is 48.1 Å². The Morgan fingerprint density at radius 3 is 2.70 bits per heavy atom. The Hall–Kier alpha value is -1.88. The number of hydrogen-bond donors (Lipinski definition) is 1. The second kappa shape index (κ2) is 5.63. The quantitative estimate of drug-likeness (QED) is 0.925. The van der Waals surface area contributed by atoms with E-state index in [0.717, 1.165) is 37.8 Å². The average molecular weight is 271 g/mol. The monoisotopic (exact) mass is 271 g/mol. The molecule has 0 spiro atoms. The molecule has 20 heavy (non-hydrogen) atoms. The van der Waals surface area contributed by atoms with Gasteiger partial charge in [0.1, 0.15) is 5.82 Å². The third-order valence-corrected chi connectivity index (χ3v) is 3.87.